The molecule has 0 radical (unpaired) electrons. The van der Waals surface area contributed by atoms with Gasteiger partial charge in [0.25, 0.3) is 0 Å². The molecule has 0 aliphatic heterocycles. The van der Waals surface area contributed by atoms with E-state index in [9.17, 15) is 9.18 Å². The summed E-state index contributed by atoms with van der Waals surface area (Å²) in [6, 6.07) is 12.8. The van der Waals surface area contributed by atoms with Gasteiger partial charge in [-0.2, -0.15) is 0 Å². The number of benzene rings is 2. The predicted molar refractivity (Wildman–Crippen MR) is 78.1 cm³/mol. The molecule has 0 bridgehead atoms. The van der Waals surface area contributed by atoms with Crippen LogP contribution in [0.2, 0.25) is 0 Å². The Morgan fingerprint density at radius 2 is 1.95 bits per heavy atom. The Hall–Kier alpha value is -2.75. The maximum Gasteiger partial charge on any atom is 0.197 e. The first kappa shape index (κ1) is 13.2. The normalized spacial score (nSPS) is 10.6. The summed E-state index contributed by atoms with van der Waals surface area (Å²) < 4.78 is 18.6. The first-order chi connectivity index (χ1) is 10.2. The molecule has 0 fully saturated rings. The Kier molecular flexibility index (Phi) is 3.36. The number of halogens is 1. The molecule has 0 saturated heterocycles. The molecule has 0 unspecified atom stereocenters. The topological polar surface area (TPSA) is 39.2 Å². The van der Waals surface area contributed by atoms with E-state index in [2.05, 4.69) is 4.98 Å². The summed E-state index contributed by atoms with van der Waals surface area (Å²) >= 11 is 0. The second-order valence-corrected chi connectivity index (χ2v) is 4.55. The zero-order chi connectivity index (χ0) is 14.8. The highest BCUT2D eigenvalue weighted by Crippen LogP contribution is 2.26. The lowest BCUT2D eigenvalue weighted by Gasteiger charge is -2.09. The third kappa shape index (κ3) is 2.36. The smallest absolute Gasteiger partial charge is 0.197 e. The Balaban J connectivity index is 2.20. The van der Waals surface area contributed by atoms with Gasteiger partial charge in [-0.25, -0.2) is 4.39 Å². The van der Waals surface area contributed by atoms with Gasteiger partial charge in [0.15, 0.2) is 5.78 Å². The van der Waals surface area contributed by atoms with Crippen LogP contribution in [0.5, 0.6) is 5.75 Å². The molecule has 0 saturated carbocycles. The first-order valence-electron chi connectivity index (χ1n) is 6.42. The maximum absolute atomic E-state index is 13.5. The number of ketones is 1. The molecule has 0 amide bonds. The minimum atomic E-state index is -0.475. The number of nitrogens with zero attached hydrogens (tertiary/aromatic N) is 1. The van der Waals surface area contributed by atoms with E-state index in [4.69, 9.17) is 4.74 Å². The molecule has 3 nitrogen and oxygen atoms in total. The van der Waals surface area contributed by atoms with Crippen LogP contribution in [-0.2, 0) is 0 Å². The standard InChI is InChI=1S/C17H12FNO2/c1-21-16-8-7-11(18)10-14(16)17(20)13-4-2-6-15-12(13)5-3-9-19-15/h2-10H,1H3. The molecule has 2 aromatic carbocycles. The fourth-order valence-corrected chi connectivity index (χ4v) is 2.30. The van der Waals surface area contributed by atoms with Crippen LogP contribution < -0.4 is 4.74 Å². The van der Waals surface area contributed by atoms with Crippen molar-refractivity contribution in [1.29, 1.82) is 0 Å². The number of hydrogen-bond acceptors (Lipinski definition) is 3. The third-order valence-electron chi connectivity index (χ3n) is 3.30. The van der Waals surface area contributed by atoms with Gasteiger partial charge in [-0.1, -0.05) is 18.2 Å². The molecule has 3 aromatic rings. The zero-order valence-electron chi connectivity index (χ0n) is 11.3. The van der Waals surface area contributed by atoms with Crippen molar-refractivity contribution < 1.29 is 13.9 Å². The molecule has 0 N–H and O–H groups in total. The van der Waals surface area contributed by atoms with Crippen molar-refractivity contribution in [3.8, 4) is 5.75 Å². The van der Waals surface area contributed by atoms with Crippen LogP contribution in [0, 0.1) is 5.82 Å². The van der Waals surface area contributed by atoms with Gasteiger partial charge in [-0.05, 0) is 30.3 Å². The molecule has 3 rings (SSSR count). The number of aromatic nitrogens is 1. The van der Waals surface area contributed by atoms with Crippen LogP contribution in [0.15, 0.2) is 54.7 Å². The number of carbonyl (C=O) groups excluding carboxylic acids is 1. The molecule has 104 valence electrons. The quantitative estimate of drug-likeness (QED) is 0.688. The van der Waals surface area contributed by atoms with Crippen LogP contribution in [-0.4, -0.2) is 17.9 Å². The molecule has 4 heteroatoms. The van der Waals surface area contributed by atoms with E-state index in [-0.39, 0.29) is 11.3 Å². The van der Waals surface area contributed by atoms with Gasteiger partial charge < -0.3 is 4.74 Å². The summed E-state index contributed by atoms with van der Waals surface area (Å²) in [6.45, 7) is 0. The Morgan fingerprint density at radius 3 is 2.76 bits per heavy atom. The highest BCUT2D eigenvalue weighted by atomic mass is 19.1. The number of rotatable bonds is 3. The average Bonchev–Trinajstić information content (AvgIpc) is 2.53. The summed E-state index contributed by atoms with van der Waals surface area (Å²) in [5, 5.41) is 0.733. The largest absolute Gasteiger partial charge is 0.496 e. The first-order valence-corrected chi connectivity index (χ1v) is 6.42. The van der Waals surface area contributed by atoms with Crippen molar-refractivity contribution in [3.63, 3.8) is 0 Å². The number of hydrogen-bond donors (Lipinski definition) is 0. The third-order valence-corrected chi connectivity index (χ3v) is 3.30. The minimum Gasteiger partial charge on any atom is -0.496 e. The monoisotopic (exact) mass is 281 g/mol. The number of fused-ring (bicyclic) bond motifs is 1. The predicted octanol–water partition coefficient (Wildman–Crippen LogP) is 3.61. The van der Waals surface area contributed by atoms with Gasteiger partial charge in [0.1, 0.15) is 11.6 Å². The number of pyridine rings is 1. The lowest BCUT2D eigenvalue weighted by Crippen LogP contribution is -2.05. The van der Waals surface area contributed by atoms with Gasteiger partial charge in [0.05, 0.1) is 18.2 Å². The Labute approximate surface area is 121 Å². The maximum atomic E-state index is 13.5. The van der Waals surface area contributed by atoms with E-state index in [0.717, 1.165) is 10.9 Å². The molecule has 1 heterocycles. The van der Waals surface area contributed by atoms with Crippen molar-refractivity contribution in [2.75, 3.05) is 7.11 Å². The van der Waals surface area contributed by atoms with Crippen LogP contribution in [0.3, 0.4) is 0 Å². The van der Waals surface area contributed by atoms with E-state index >= 15 is 0 Å². The number of ether oxygens (including phenoxy) is 1. The van der Waals surface area contributed by atoms with Crippen LogP contribution in [0.25, 0.3) is 10.9 Å². The van der Waals surface area contributed by atoms with E-state index < -0.39 is 5.82 Å². The van der Waals surface area contributed by atoms with Gasteiger partial charge in [0, 0.05) is 17.1 Å². The van der Waals surface area contributed by atoms with Crippen LogP contribution in [0.4, 0.5) is 4.39 Å². The van der Waals surface area contributed by atoms with Gasteiger partial charge in [0.2, 0.25) is 0 Å². The van der Waals surface area contributed by atoms with E-state index in [1.54, 1.807) is 24.4 Å². The fraction of sp³-hybridized carbons (Fsp3) is 0.0588. The van der Waals surface area contributed by atoms with Crippen molar-refractivity contribution in [1.82, 2.24) is 4.98 Å². The summed E-state index contributed by atoms with van der Waals surface area (Å²) in [5.41, 5.74) is 1.40. The Bertz CT molecular complexity index is 825. The zero-order valence-corrected chi connectivity index (χ0v) is 11.3. The molecule has 0 atom stereocenters. The summed E-state index contributed by atoms with van der Waals surface area (Å²) in [5.74, 6) is -0.412. The van der Waals surface area contributed by atoms with Gasteiger partial charge >= 0.3 is 0 Å². The van der Waals surface area contributed by atoms with Crippen molar-refractivity contribution in [2.45, 2.75) is 0 Å². The summed E-state index contributed by atoms with van der Waals surface area (Å²) in [4.78, 5) is 16.9. The lowest BCUT2D eigenvalue weighted by molar-refractivity contribution is 0.103. The average molecular weight is 281 g/mol. The van der Waals surface area contributed by atoms with E-state index in [1.165, 1.54) is 25.3 Å². The molecule has 0 aliphatic rings. The van der Waals surface area contributed by atoms with Gasteiger partial charge in [-0.15, -0.1) is 0 Å². The van der Waals surface area contributed by atoms with Gasteiger partial charge in [-0.3, -0.25) is 9.78 Å². The molecular weight excluding hydrogens is 269 g/mol. The minimum absolute atomic E-state index is 0.203. The number of carbonyl (C=O) groups is 1. The molecule has 0 aliphatic carbocycles. The van der Waals surface area contributed by atoms with Crippen molar-refractivity contribution in [2.24, 2.45) is 0 Å². The molecular formula is C17H12FNO2. The molecule has 21 heavy (non-hydrogen) atoms. The highest BCUT2D eigenvalue weighted by Gasteiger charge is 2.17. The molecule has 1 aromatic heterocycles. The van der Waals surface area contributed by atoms with E-state index in [1.807, 2.05) is 12.1 Å². The van der Waals surface area contributed by atoms with Crippen molar-refractivity contribution >= 4 is 16.7 Å². The van der Waals surface area contributed by atoms with Crippen LogP contribution in [0.1, 0.15) is 15.9 Å². The lowest BCUT2D eigenvalue weighted by atomic mass is 9.98. The Morgan fingerprint density at radius 1 is 1.10 bits per heavy atom. The SMILES string of the molecule is COc1ccc(F)cc1C(=O)c1cccc2ncccc12. The fourth-order valence-electron chi connectivity index (χ4n) is 2.30. The molecule has 0 spiro atoms. The summed E-state index contributed by atoms with van der Waals surface area (Å²) in [7, 11) is 1.45. The van der Waals surface area contributed by atoms with E-state index in [0.29, 0.717) is 11.3 Å². The highest BCUT2D eigenvalue weighted by molar-refractivity contribution is 6.17. The second kappa shape index (κ2) is 5.32. The second-order valence-electron chi connectivity index (χ2n) is 4.55. The number of methoxy groups -OCH3 is 1. The summed E-state index contributed by atoms with van der Waals surface area (Å²) in [6.07, 6.45) is 1.67. The van der Waals surface area contributed by atoms with Crippen molar-refractivity contribution in [3.05, 3.63) is 71.7 Å². The van der Waals surface area contributed by atoms with Crippen LogP contribution >= 0.6 is 0 Å².